The number of amides is 1. The number of rotatable bonds is 7. The topological polar surface area (TPSA) is 64.1 Å². The number of nitrogens with zero attached hydrogens (tertiary/aromatic N) is 3. The van der Waals surface area contributed by atoms with Crippen LogP contribution in [-0.2, 0) is 13.1 Å². The second-order valence-corrected chi connectivity index (χ2v) is 9.57. The molecule has 0 bridgehead atoms. The summed E-state index contributed by atoms with van der Waals surface area (Å²) in [6.07, 6.45) is 2.53. The lowest BCUT2D eigenvalue weighted by Gasteiger charge is -2.44. The number of aliphatic hydroxyl groups is 1. The van der Waals surface area contributed by atoms with Crippen molar-refractivity contribution in [2.24, 2.45) is 0 Å². The average Bonchev–Trinajstić information content (AvgIpc) is 3.32. The van der Waals surface area contributed by atoms with E-state index in [2.05, 4.69) is 35.8 Å². The first kappa shape index (κ1) is 23.6. The van der Waals surface area contributed by atoms with E-state index in [1.165, 1.54) is 18.4 Å². The molecule has 0 spiro atoms. The zero-order valence-corrected chi connectivity index (χ0v) is 19.7. The van der Waals surface area contributed by atoms with Crippen molar-refractivity contribution < 1.29 is 14.7 Å². The molecule has 2 aromatic rings. The van der Waals surface area contributed by atoms with Crippen LogP contribution in [0.4, 0.5) is 0 Å². The zero-order chi connectivity index (χ0) is 23.4. The Kier molecular flexibility index (Phi) is 7.58. The summed E-state index contributed by atoms with van der Waals surface area (Å²) in [4.78, 5) is 31.9. The van der Waals surface area contributed by atoms with Crippen LogP contribution in [0, 0.1) is 0 Å². The maximum atomic E-state index is 13.4. The second kappa shape index (κ2) is 10.6. The number of benzene rings is 2. The average molecular weight is 450 g/mol. The molecule has 2 fully saturated rings. The molecular weight excluding hydrogens is 414 g/mol. The molecule has 2 aromatic carbocycles. The predicted octanol–water partition coefficient (Wildman–Crippen LogP) is 3.19. The van der Waals surface area contributed by atoms with Gasteiger partial charge in [-0.3, -0.25) is 19.4 Å². The third kappa shape index (κ3) is 5.69. The van der Waals surface area contributed by atoms with Crippen LogP contribution in [-0.4, -0.2) is 76.4 Å². The van der Waals surface area contributed by atoms with E-state index in [9.17, 15) is 9.59 Å². The van der Waals surface area contributed by atoms with Crippen LogP contribution in [0.25, 0.3) is 0 Å². The van der Waals surface area contributed by atoms with Gasteiger partial charge < -0.3 is 10.0 Å². The van der Waals surface area contributed by atoms with Crippen molar-refractivity contribution in [1.82, 2.24) is 14.7 Å². The Morgan fingerprint density at radius 3 is 2.12 bits per heavy atom. The lowest BCUT2D eigenvalue weighted by molar-refractivity contribution is 0.0268. The highest BCUT2D eigenvalue weighted by Gasteiger charge is 2.33. The summed E-state index contributed by atoms with van der Waals surface area (Å²) < 4.78 is 0. The van der Waals surface area contributed by atoms with Crippen molar-refractivity contribution in [2.45, 2.75) is 51.9 Å². The van der Waals surface area contributed by atoms with E-state index in [1.54, 1.807) is 12.1 Å². The molecule has 0 aliphatic carbocycles. The number of ketones is 1. The van der Waals surface area contributed by atoms with Crippen molar-refractivity contribution in [3.05, 3.63) is 70.8 Å². The highest BCUT2D eigenvalue weighted by Crippen LogP contribution is 2.22. The Morgan fingerprint density at radius 2 is 1.48 bits per heavy atom. The quantitative estimate of drug-likeness (QED) is 0.658. The first-order valence-corrected chi connectivity index (χ1v) is 12.0. The van der Waals surface area contributed by atoms with Gasteiger partial charge >= 0.3 is 0 Å². The van der Waals surface area contributed by atoms with E-state index in [0.29, 0.717) is 5.56 Å². The summed E-state index contributed by atoms with van der Waals surface area (Å²) in [5.74, 6) is -0.148. The monoisotopic (exact) mass is 449 g/mol. The van der Waals surface area contributed by atoms with E-state index in [1.807, 2.05) is 29.2 Å². The van der Waals surface area contributed by atoms with E-state index in [4.69, 9.17) is 5.11 Å². The van der Waals surface area contributed by atoms with Gasteiger partial charge in [0.15, 0.2) is 5.78 Å². The summed E-state index contributed by atoms with van der Waals surface area (Å²) >= 11 is 0. The fraction of sp³-hybridized carbons (Fsp3) is 0.481. The summed E-state index contributed by atoms with van der Waals surface area (Å²) in [5.41, 5.74) is 3.65. The molecule has 6 heteroatoms. The third-order valence-electron chi connectivity index (χ3n) is 6.83. The molecule has 176 valence electrons. The summed E-state index contributed by atoms with van der Waals surface area (Å²) in [6.45, 7) is 9.38. The minimum absolute atomic E-state index is 0.110. The molecule has 0 unspecified atom stereocenters. The SMILES string of the molecule is C[C@@H]1CN(Cc2ccc(C(=O)CO)cc2)C[C@H](C)N1C(=O)c1cccc(CN2CCCC2)c1. The largest absolute Gasteiger partial charge is 0.388 e. The Morgan fingerprint density at radius 1 is 0.848 bits per heavy atom. The predicted molar refractivity (Wildman–Crippen MR) is 129 cm³/mol. The van der Waals surface area contributed by atoms with Crippen molar-refractivity contribution >= 4 is 11.7 Å². The van der Waals surface area contributed by atoms with Crippen molar-refractivity contribution in [2.75, 3.05) is 32.8 Å². The molecule has 0 aromatic heterocycles. The molecular formula is C27H35N3O3. The molecule has 4 rings (SSSR count). The van der Waals surface area contributed by atoms with Gasteiger partial charge in [-0.05, 0) is 63.0 Å². The van der Waals surface area contributed by atoms with Crippen LogP contribution in [0.2, 0.25) is 0 Å². The maximum absolute atomic E-state index is 13.4. The van der Waals surface area contributed by atoms with Crippen LogP contribution in [0.3, 0.4) is 0 Å². The first-order chi connectivity index (χ1) is 15.9. The van der Waals surface area contributed by atoms with Gasteiger partial charge in [0.25, 0.3) is 5.91 Å². The van der Waals surface area contributed by atoms with Gasteiger partial charge in [-0.2, -0.15) is 0 Å². The fourth-order valence-electron chi connectivity index (χ4n) is 5.26. The molecule has 33 heavy (non-hydrogen) atoms. The summed E-state index contributed by atoms with van der Waals surface area (Å²) in [5, 5.41) is 9.02. The second-order valence-electron chi connectivity index (χ2n) is 9.57. The van der Waals surface area contributed by atoms with Crippen LogP contribution < -0.4 is 0 Å². The number of aliphatic hydroxyl groups excluding tert-OH is 1. The van der Waals surface area contributed by atoms with Gasteiger partial charge in [0.1, 0.15) is 6.61 Å². The fourth-order valence-corrected chi connectivity index (χ4v) is 5.26. The minimum Gasteiger partial charge on any atom is -0.388 e. The van der Waals surface area contributed by atoms with Crippen molar-refractivity contribution in [3.63, 3.8) is 0 Å². The van der Waals surface area contributed by atoms with Gasteiger partial charge in [-0.15, -0.1) is 0 Å². The minimum atomic E-state index is -0.467. The van der Waals surface area contributed by atoms with E-state index < -0.39 is 6.61 Å². The highest BCUT2D eigenvalue weighted by molar-refractivity contribution is 5.97. The van der Waals surface area contributed by atoms with Gasteiger partial charge in [-0.1, -0.05) is 36.4 Å². The number of carbonyl (C=O) groups is 2. The Labute approximate surface area is 196 Å². The van der Waals surface area contributed by atoms with E-state index in [-0.39, 0.29) is 23.8 Å². The molecule has 0 saturated carbocycles. The number of carbonyl (C=O) groups excluding carboxylic acids is 2. The van der Waals surface area contributed by atoms with Gasteiger partial charge in [-0.25, -0.2) is 0 Å². The molecule has 1 amide bonds. The summed E-state index contributed by atoms with van der Waals surface area (Å²) in [7, 11) is 0. The maximum Gasteiger partial charge on any atom is 0.254 e. The number of Topliss-reactive ketones (excluding diaryl/α,β-unsaturated/α-hetero) is 1. The first-order valence-electron chi connectivity index (χ1n) is 12.0. The number of likely N-dealkylation sites (tertiary alicyclic amines) is 1. The Hall–Kier alpha value is -2.54. The zero-order valence-electron chi connectivity index (χ0n) is 19.7. The lowest BCUT2D eigenvalue weighted by atomic mass is 10.0. The van der Waals surface area contributed by atoms with Crippen molar-refractivity contribution in [1.29, 1.82) is 0 Å². The molecule has 0 radical (unpaired) electrons. The smallest absolute Gasteiger partial charge is 0.254 e. The Balaban J connectivity index is 1.38. The van der Waals surface area contributed by atoms with Crippen LogP contribution >= 0.6 is 0 Å². The van der Waals surface area contributed by atoms with Gasteiger partial charge in [0.05, 0.1) is 0 Å². The Bertz CT molecular complexity index is 957. The standard InChI is InChI=1S/C27H35N3O3/c1-20-15-29(17-22-8-10-24(11-9-22)26(32)19-31)16-21(2)30(20)27(33)25-7-5-6-23(14-25)18-28-12-3-4-13-28/h5-11,14,20-21,31H,3-4,12-13,15-19H2,1-2H3/t20-,21+. The van der Waals surface area contributed by atoms with Crippen LogP contribution in [0.5, 0.6) is 0 Å². The van der Waals surface area contributed by atoms with E-state index >= 15 is 0 Å². The molecule has 2 saturated heterocycles. The number of hydrogen-bond acceptors (Lipinski definition) is 5. The number of piperazine rings is 1. The molecule has 2 aliphatic rings. The highest BCUT2D eigenvalue weighted by atomic mass is 16.3. The van der Waals surface area contributed by atoms with Crippen LogP contribution in [0.15, 0.2) is 48.5 Å². The lowest BCUT2D eigenvalue weighted by Crippen LogP contribution is -2.58. The normalized spacial score (nSPS) is 22.0. The van der Waals surface area contributed by atoms with Gasteiger partial charge in [0, 0.05) is 49.4 Å². The summed E-state index contributed by atoms with van der Waals surface area (Å²) in [6, 6.07) is 15.8. The molecule has 2 aliphatic heterocycles. The van der Waals surface area contributed by atoms with E-state index in [0.717, 1.165) is 50.4 Å². The molecule has 6 nitrogen and oxygen atoms in total. The molecule has 1 N–H and O–H groups in total. The molecule has 2 atom stereocenters. The number of hydrogen-bond donors (Lipinski definition) is 1. The van der Waals surface area contributed by atoms with Gasteiger partial charge in [0.2, 0.25) is 0 Å². The third-order valence-corrected chi connectivity index (χ3v) is 6.83. The van der Waals surface area contributed by atoms with Crippen LogP contribution in [0.1, 0.15) is 58.5 Å². The van der Waals surface area contributed by atoms with Crippen molar-refractivity contribution in [3.8, 4) is 0 Å². The molecule has 2 heterocycles.